The summed E-state index contributed by atoms with van der Waals surface area (Å²) in [5, 5.41) is 4.11. The molecule has 0 radical (unpaired) electrons. The molecule has 0 N–H and O–H groups in total. The number of rotatable bonds is 2. The quantitative estimate of drug-likeness (QED) is 0.727. The Kier molecular flexibility index (Phi) is 3.17. The highest BCUT2D eigenvalue weighted by molar-refractivity contribution is 5.57. The summed E-state index contributed by atoms with van der Waals surface area (Å²) in [6.45, 7) is 0. The molecule has 106 valence electrons. The molecule has 0 aromatic carbocycles. The molecule has 0 spiro atoms. The topological polar surface area (TPSA) is 43.6 Å². The van der Waals surface area contributed by atoms with Gasteiger partial charge in [-0.05, 0) is 24.3 Å². The molecule has 3 rings (SSSR count). The van der Waals surface area contributed by atoms with E-state index < -0.39 is 11.9 Å². The van der Waals surface area contributed by atoms with Gasteiger partial charge < -0.3 is 0 Å². The first-order valence-corrected chi connectivity index (χ1v) is 6.04. The normalized spacial score (nSPS) is 11.6. The van der Waals surface area contributed by atoms with Gasteiger partial charge >= 0.3 is 6.18 Å². The molecular weight excluding hydrogens is 281 g/mol. The van der Waals surface area contributed by atoms with Gasteiger partial charge in [-0.1, -0.05) is 6.07 Å². The Hall–Kier alpha value is -2.70. The zero-order valence-corrected chi connectivity index (χ0v) is 10.6. The molecule has 0 bridgehead atoms. The van der Waals surface area contributed by atoms with Crippen molar-refractivity contribution in [2.24, 2.45) is 0 Å². The van der Waals surface area contributed by atoms with E-state index in [-0.39, 0.29) is 5.69 Å². The van der Waals surface area contributed by atoms with E-state index in [0.717, 1.165) is 11.8 Å². The second kappa shape index (κ2) is 5.01. The van der Waals surface area contributed by atoms with Crippen molar-refractivity contribution >= 4 is 0 Å². The number of alkyl halides is 3. The molecule has 0 saturated carbocycles. The molecule has 3 aromatic rings. The van der Waals surface area contributed by atoms with Gasteiger partial charge in [-0.3, -0.25) is 4.98 Å². The molecule has 4 nitrogen and oxygen atoms in total. The first-order chi connectivity index (χ1) is 10.0. The molecule has 0 saturated heterocycles. The van der Waals surface area contributed by atoms with Crippen molar-refractivity contribution < 1.29 is 13.2 Å². The van der Waals surface area contributed by atoms with Crippen LogP contribution in [-0.2, 0) is 6.18 Å². The average molecular weight is 290 g/mol. The minimum Gasteiger partial charge on any atom is -0.262 e. The Morgan fingerprint density at radius 2 is 1.86 bits per heavy atom. The highest BCUT2D eigenvalue weighted by atomic mass is 19.4. The van der Waals surface area contributed by atoms with Gasteiger partial charge in [0.1, 0.15) is 5.69 Å². The summed E-state index contributed by atoms with van der Waals surface area (Å²) in [6, 6.07) is 7.32. The molecule has 3 aromatic heterocycles. The highest BCUT2D eigenvalue weighted by Gasteiger charge is 2.32. The standard InChI is InChI=1S/C14H9F3N4/c15-14(16,17)13-5-1-4-12(20-13)10-7-19-21(9-10)11-3-2-6-18-8-11/h1-9H. The number of hydrogen-bond acceptors (Lipinski definition) is 3. The van der Waals surface area contributed by atoms with E-state index in [4.69, 9.17) is 0 Å². The highest BCUT2D eigenvalue weighted by Crippen LogP contribution is 2.29. The molecule has 0 fully saturated rings. The van der Waals surface area contributed by atoms with Crippen molar-refractivity contribution in [3.05, 3.63) is 60.8 Å². The average Bonchev–Trinajstić information content (AvgIpc) is 2.97. The second-order valence-corrected chi connectivity index (χ2v) is 4.29. The molecular formula is C14H9F3N4. The van der Waals surface area contributed by atoms with E-state index in [9.17, 15) is 13.2 Å². The van der Waals surface area contributed by atoms with Gasteiger partial charge in [0.05, 0.1) is 23.8 Å². The van der Waals surface area contributed by atoms with Gasteiger partial charge in [-0.25, -0.2) is 9.67 Å². The van der Waals surface area contributed by atoms with E-state index in [1.807, 2.05) is 0 Å². The fraction of sp³-hybridized carbons (Fsp3) is 0.0714. The number of hydrogen-bond donors (Lipinski definition) is 0. The van der Waals surface area contributed by atoms with Crippen LogP contribution in [0, 0.1) is 0 Å². The van der Waals surface area contributed by atoms with Crippen LogP contribution in [0.15, 0.2) is 55.1 Å². The van der Waals surface area contributed by atoms with Gasteiger partial charge in [0.25, 0.3) is 0 Å². The third-order valence-corrected chi connectivity index (χ3v) is 2.83. The third-order valence-electron chi connectivity index (χ3n) is 2.83. The molecule has 3 heterocycles. The summed E-state index contributed by atoms with van der Waals surface area (Å²) in [4.78, 5) is 7.59. The van der Waals surface area contributed by atoms with Crippen LogP contribution in [0.1, 0.15) is 5.69 Å². The van der Waals surface area contributed by atoms with Gasteiger partial charge in [0.15, 0.2) is 0 Å². The Morgan fingerprint density at radius 3 is 2.57 bits per heavy atom. The number of nitrogens with zero attached hydrogens (tertiary/aromatic N) is 4. The van der Waals surface area contributed by atoms with Crippen molar-refractivity contribution in [1.29, 1.82) is 0 Å². The lowest BCUT2D eigenvalue weighted by Gasteiger charge is -2.06. The van der Waals surface area contributed by atoms with Crippen molar-refractivity contribution in [2.45, 2.75) is 6.18 Å². The van der Waals surface area contributed by atoms with Crippen molar-refractivity contribution in [1.82, 2.24) is 19.7 Å². The van der Waals surface area contributed by atoms with Crippen molar-refractivity contribution in [2.75, 3.05) is 0 Å². The Bertz CT molecular complexity index is 750. The minimum atomic E-state index is -4.46. The van der Waals surface area contributed by atoms with E-state index in [1.165, 1.54) is 23.0 Å². The maximum Gasteiger partial charge on any atom is 0.433 e. The lowest BCUT2D eigenvalue weighted by atomic mass is 10.2. The van der Waals surface area contributed by atoms with E-state index in [1.54, 1.807) is 30.7 Å². The summed E-state index contributed by atoms with van der Waals surface area (Å²) in [6.07, 6.45) is 1.85. The Labute approximate surface area is 117 Å². The minimum absolute atomic E-state index is 0.222. The molecule has 0 aliphatic heterocycles. The fourth-order valence-electron chi connectivity index (χ4n) is 1.84. The van der Waals surface area contributed by atoms with Crippen LogP contribution < -0.4 is 0 Å². The van der Waals surface area contributed by atoms with Gasteiger partial charge in [-0.2, -0.15) is 18.3 Å². The molecule has 0 aliphatic rings. The van der Waals surface area contributed by atoms with E-state index >= 15 is 0 Å². The smallest absolute Gasteiger partial charge is 0.262 e. The van der Waals surface area contributed by atoms with E-state index in [2.05, 4.69) is 15.1 Å². The summed E-state index contributed by atoms with van der Waals surface area (Å²) in [5.41, 5.74) is 0.523. The van der Waals surface area contributed by atoms with Crippen LogP contribution in [0.2, 0.25) is 0 Å². The molecule has 0 atom stereocenters. The second-order valence-electron chi connectivity index (χ2n) is 4.29. The van der Waals surface area contributed by atoms with E-state index in [0.29, 0.717) is 5.56 Å². The number of halogens is 3. The fourth-order valence-corrected chi connectivity index (χ4v) is 1.84. The number of aromatic nitrogens is 4. The predicted molar refractivity (Wildman–Crippen MR) is 69.6 cm³/mol. The SMILES string of the molecule is FC(F)(F)c1cccc(-c2cnn(-c3cccnc3)c2)n1. The molecule has 21 heavy (non-hydrogen) atoms. The first kappa shape index (κ1) is 13.3. The summed E-state index contributed by atoms with van der Waals surface area (Å²) < 4.78 is 39.5. The molecule has 0 amide bonds. The van der Waals surface area contributed by atoms with Crippen LogP contribution in [0.5, 0.6) is 0 Å². The van der Waals surface area contributed by atoms with Gasteiger partial charge in [0, 0.05) is 18.0 Å². The monoisotopic (exact) mass is 290 g/mol. The van der Waals surface area contributed by atoms with Crippen LogP contribution in [-0.4, -0.2) is 19.7 Å². The van der Waals surface area contributed by atoms with Crippen LogP contribution in [0.3, 0.4) is 0 Å². The first-order valence-electron chi connectivity index (χ1n) is 6.04. The van der Waals surface area contributed by atoms with Gasteiger partial charge in [0.2, 0.25) is 0 Å². The molecule has 0 aliphatic carbocycles. The Morgan fingerprint density at radius 1 is 1.00 bits per heavy atom. The van der Waals surface area contributed by atoms with Crippen LogP contribution in [0.25, 0.3) is 16.9 Å². The Balaban J connectivity index is 1.97. The number of pyridine rings is 2. The van der Waals surface area contributed by atoms with Gasteiger partial charge in [-0.15, -0.1) is 0 Å². The van der Waals surface area contributed by atoms with Crippen LogP contribution >= 0.6 is 0 Å². The predicted octanol–water partition coefficient (Wildman–Crippen LogP) is 3.35. The molecule has 7 heteroatoms. The lowest BCUT2D eigenvalue weighted by molar-refractivity contribution is -0.141. The summed E-state index contributed by atoms with van der Waals surface area (Å²) in [5.74, 6) is 0. The zero-order chi connectivity index (χ0) is 14.9. The van der Waals surface area contributed by atoms with Crippen molar-refractivity contribution in [3.63, 3.8) is 0 Å². The van der Waals surface area contributed by atoms with Crippen LogP contribution in [0.4, 0.5) is 13.2 Å². The summed E-state index contributed by atoms with van der Waals surface area (Å²) >= 11 is 0. The maximum atomic E-state index is 12.7. The zero-order valence-electron chi connectivity index (χ0n) is 10.6. The maximum absolute atomic E-state index is 12.7. The van der Waals surface area contributed by atoms with Crippen molar-refractivity contribution in [3.8, 4) is 16.9 Å². The summed E-state index contributed by atoms with van der Waals surface area (Å²) in [7, 11) is 0. The molecule has 0 unspecified atom stereocenters. The third kappa shape index (κ3) is 2.76. The largest absolute Gasteiger partial charge is 0.433 e. The lowest BCUT2D eigenvalue weighted by Crippen LogP contribution is -2.07.